The third kappa shape index (κ3) is 3.23. The number of hydrogen-bond acceptors (Lipinski definition) is 4. The summed E-state index contributed by atoms with van der Waals surface area (Å²) >= 11 is 0. The van der Waals surface area contributed by atoms with Gasteiger partial charge in [-0.2, -0.15) is 5.10 Å². The number of nitrogen functional groups attached to an aromatic ring is 1. The van der Waals surface area contributed by atoms with E-state index in [2.05, 4.69) is 18.9 Å². The Morgan fingerprint density at radius 2 is 2.11 bits per heavy atom. The van der Waals surface area contributed by atoms with Gasteiger partial charge in [0.05, 0.1) is 0 Å². The quantitative estimate of drug-likeness (QED) is 0.843. The van der Waals surface area contributed by atoms with Gasteiger partial charge in [-0.1, -0.05) is 13.8 Å². The fourth-order valence-electron chi connectivity index (χ4n) is 1.51. The van der Waals surface area contributed by atoms with E-state index < -0.39 is 10.0 Å². The van der Waals surface area contributed by atoms with Gasteiger partial charge >= 0.3 is 0 Å². The number of aromatic nitrogens is 2. The van der Waals surface area contributed by atoms with Crippen molar-refractivity contribution in [2.75, 3.05) is 19.3 Å². The van der Waals surface area contributed by atoms with Gasteiger partial charge in [0.15, 0.2) is 5.82 Å². The average molecular weight is 274 g/mol. The molecule has 0 atom stereocenters. The predicted octanol–water partition coefficient (Wildman–Crippen LogP) is 1.15. The van der Waals surface area contributed by atoms with Crippen LogP contribution in [0.5, 0.6) is 0 Å². The second kappa shape index (κ2) is 5.71. The molecule has 0 saturated heterocycles. The molecule has 0 aromatic carbocycles. The van der Waals surface area contributed by atoms with Gasteiger partial charge in [-0.3, -0.25) is 4.68 Å². The number of rotatable bonds is 6. The topological polar surface area (TPSA) is 81.2 Å². The molecule has 1 rings (SSSR count). The van der Waals surface area contributed by atoms with Crippen LogP contribution in [0.25, 0.3) is 0 Å². The molecule has 0 aliphatic heterocycles. The molecule has 6 nitrogen and oxygen atoms in total. The van der Waals surface area contributed by atoms with Crippen LogP contribution < -0.4 is 5.73 Å². The van der Waals surface area contributed by atoms with Crippen LogP contribution in [0, 0.1) is 5.92 Å². The van der Waals surface area contributed by atoms with Crippen LogP contribution in [0.4, 0.5) is 5.82 Å². The van der Waals surface area contributed by atoms with Gasteiger partial charge < -0.3 is 5.73 Å². The minimum atomic E-state index is -3.53. The second-order valence-electron chi connectivity index (χ2n) is 4.74. The lowest BCUT2D eigenvalue weighted by atomic mass is 10.1. The Hall–Kier alpha value is -1.08. The summed E-state index contributed by atoms with van der Waals surface area (Å²) in [6.45, 7) is 7.07. The Balaban J connectivity index is 2.94. The highest BCUT2D eigenvalue weighted by molar-refractivity contribution is 7.89. The summed E-state index contributed by atoms with van der Waals surface area (Å²) in [5.74, 6) is 0.520. The standard InChI is InChI=1S/C11H22N4O2S/c1-5-15-8-10(11(12)13-15)18(16,17)14(4)7-6-9(2)3/h8-9H,5-7H2,1-4H3,(H2,12,13). The Kier molecular flexibility index (Phi) is 4.75. The van der Waals surface area contributed by atoms with Crippen molar-refractivity contribution >= 4 is 15.8 Å². The van der Waals surface area contributed by atoms with Crippen molar-refractivity contribution in [1.29, 1.82) is 0 Å². The fraction of sp³-hybridized carbons (Fsp3) is 0.727. The summed E-state index contributed by atoms with van der Waals surface area (Å²) in [5, 5.41) is 3.96. The van der Waals surface area contributed by atoms with Crippen molar-refractivity contribution in [3.63, 3.8) is 0 Å². The van der Waals surface area contributed by atoms with Crippen LogP contribution in [-0.2, 0) is 16.6 Å². The Labute approximate surface area is 109 Å². The van der Waals surface area contributed by atoms with E-state index in [9.17, 15) is 8.42 Å². The molecular weight excluding hydrogens is 252 g/mol. The maximum absolute atomic E-state index is 12.3. The summed E-state index contributed by atoms with van der Waals surface area (Å²) < 4.78 is 27.4. The first-order chi connectivity index (χ1) is 8.28. The number of anilines is 1. The van der Waals surface area contributed by atoms with E-state index in [0.29, 0.717) is 19.0 Å². The summed E-state index contributed by atoms with van der Waals surface area (Å²) in [6, 6.07) is 0. The normalized spacial score (nSPS) is 12.6. The van der Waals surface area contributed by atoms with Crippen molar-refractivity contribution < 1.29 is 8.42 Å². The zero-order chi connectivity index (χ0) is 13.9. The van der Waals surface area contributed by atoms with Crippen LogP contribution in [-0.4, -0.2) is 36.1 Å². The number of nitrogens with two attached hydrogens (primary N) is 1. The Bertz CT molecular complexity index is 493. The maximum Gasteiger partial charge on any atom is 0.248 e. The van der Waals surface area contributed by atoms with Gasteiger partial charge in [-0.05, 0) is 19.3 Å². The smallest absolute Gasteiger partial charge is 0.248 e. The van der Waals surface area contributed by atoms with E-state index in [4.69, 9.17) is 5.73 Å². The Morgan fingerprint density at radius 3 is 2.56 bits per heavy atom. The molecule has 2 N–H and O–H groups in total. The molecule has 1 heterocycles. The van der Waals surface area contributed by atoms with Gasteiger partial charge in [0, 0.05) is 26.3 Å². The zero-order valence-electron chi connectivity index (χ0n) is 11.4. The lowest BCUT2D eigenvalue weighted by Gasteiger charge is -2.17. The Morgan fingerprint density at radius 1 is 1.50 bits per heavy atom. The van der Waals surface area contributed by atoms with E-state index in [-0.39, 0.29) is 10.7 Å². The van der Waals surface area contributed by atoms with Gasteiger partial charge in [-0.15, -0.1) is 0 Å². The van der Waals surface area contributed by atoms with Crippen molar-refractivity contribution in [2.24, 2.45) is 5.92 Å². The average Bonchev–Trinajstić information content (AvgIpc) is 2.67. The zero-order valence-corrected chi connectivity index (χ0v) is 12.2. The van der Waals surface area contributed by atoms with Crippen molar-refractivity contribution in [3.8, 4) is 0 Å². The highest BCUT2D eigenvalue weighted by Gasteiger charge is 2.25. The van der Waals surface area contributed by atoms with E-state index in [0.717, 1.165) is 6.42 Å². The first-order valence-electron chi connectivity index (χ1n) is 6.08. The molecule has 0 aliphatic rings. The first-order valence-corrected chi connectivity index (χ1v) is 7.52. The molecule has 0 spiro atoms. The highest BCUT2D eigenvalue weighted by Crippen LogP contribution is 2.20. The summed E-state index contributed by atoms with van der Waals surface area (Å²) in [5.41, 5.74) is 5.66. The molecule has 0 radical (unpaired) electrons. The maximum atomic E-state index is 12.3. The minimum Gasteiger partial charge on any atom is -0.381 e. The molecule has 1 aromatic heterocycles. The van der Waals surface area contributed by atoms with Gasteiger partial charge in [-0.25, -0.2) is 12.7 Å². The highest BCUT2D eigenvalue weighted by atomic mass is 32.2. The molecule has 0 bridgehead atoms. The van der Waals surface area contributed by atoms with Crippen LogP contribution in [0.2, 0.25) is 0 Å². The largest absolute Gasteiger partial charge is 0.381 e. The molecule has 0 fully saturated rings. The lowest BCUT2D eigenvalue weighted by Crippen LogP contribution is -2.29. The fourth-order valence-corrected chi connectivity index (χ4v) is 2.75. The van der Waals surface area contributed by atoms with Crippen LogP contribution in [0.15, 0.2) is 11.1 Å². The molecule has 1 aromatic rings. The minimum absolute atomic E-state index is 0.0632. The van der Waals surface area contributed by atoms with Crippen molar-refractivity contribution in [2.45, 2.75) is 38.6 Å². The molecule has 7 heteroatoms. The van der Waals surface area contributed by atoms with Gasteiger partial charge in [0.1, 0.15) is 4.90 Å². The number of sulfonamides is 1. The summed E-state index contributed by atoms with van der Waals surface area (Å²) in [6.07, 6.45) is 2.30. The van der Waals surface area contributed by atoms with Gasteiger partial charge in [0.2, 0.25) is 10.0 Å². The number of nitrogens with zero attached hydrogens (tertiary/aromatic N) is 3. The van der Waals surface area contributed by atoms with E-state index >= 15 is 0 Å². The van der Waals surface area contributed by atoms with Crippen molar-refractivity contribution in [3.05, 3.63) is 6.20 Å². The first kappa shape index (κ1) is 15.0. The van der Waals surface area contributed by atoms with Crippen molar-refractivity contribution in [1.82, 2.24) is 14.1 Å². The summed E-state index contributed by atoms with van der Waals surface area (Å²) in [4.78, 5) is 0.0932. The van der Waals surface area contributed by atoms with Crippen LogP contribution in [0.1, 0.15) is 27.2 Å². The molecule has 0 unspecified atom stereocenters. The molecule has 18 heavy (non-hydrogen) atoms. The monoisotopic (exact) mass is 274 g/mol. The van der Waals surface area contributed by atoms with Crippen LogP contribution >= 0.6 is 0 Å². The number of aryl methyl sites for hydroxylation is 1. The molecular formula is C11H22N4O2S. The molecule has 104 valence electrons. The van der Waals surface area contributed by atoms with Crippen LogP contribution in [0.3, 0.4) is 0 Å². The van der Waals surface area contributed by atoms with Gasteiger partial charge in [0.25, 0.3) is 0 Å². The van der Waals surface area contributed by atoms with E-state index in [1.165, 1.54) is 15.2 Å². The van der Waals surface area contributed by atoms with E-state index in [1.54, 1.807) is 7.05 Å². The SMILES string of the molecule is CCn1cc(S(=O)(=O)N(C)CCC(C)C)c(N)n1. The molecule has 0 amide bonds. The lowest BCUT2D eigenvalue weighted by molar-refractivity contribution is 0.428. The van der Waals surface area contributed by atoms with E-state index in [1.807, 2.05) is 6.92 Å². The molecule has 0 saturated carbocycles. The third-order valence-corrected chi connectivity index (χ3v) is 4.66. The molecule has 0 aliphatic carbocycles. The second-order valence-corrected chi connectivity index (χ2v) is 6.76. The predicted molar refractivity (Wildman–Crippen MR) is 71.6 cm³/mol. The third-order valence-electron chi connectivity index (χ3n) is 2.79. The number of hydrogen-bond donors (Lipinski definition) is 1. The summed E-state index contributed by atoms with van der Waals surface area (Å²) in [7, 11) is -1.96.